The molecular formula is C25H31ClN2O2S. The summed E-state index contributed by atoms with van der Waals surface area (Å²) in [6.45, 7) is 4.30. The molecule has 0 saturated heterocycles. The van der Waals surface area contributed by atoms with E-state index < -0.39 is 6.04 Å². The first-order chi connectivity index (χ1) is 14.9. The predicted octanol–water partition coefficient (Wildman–Crippen LogP) is 5.36. The molecule has 31 heavy (non-hydrogen) atoms. The molecule has 3 rings (SSSR count). The maximum absolute atomic E-state index is 13.2. The Labute approximate surface area is 194 Å². The van der Waals surface area contributed by atoms with E-state index in [9.17, 15) is 9.59 Å². The Balaban J connectivity index is 1.65. The van der Waals surface area contributed by atoms with Gasteiger partial charge in [0.15, 0.2) is 0 Å². The molecule has 1 N–H and O–H groups in total. The Morgan fingerprint density at radius 3 is 2.55 bits per heavy atom. The Hall–Kier alpha value is -1.98. The minimum atomic E-state index is -0.514. The van der Waals surface area contributed by atoms with Gasteiger partial charge in [-0.25, -0.2) is 0 Å². The molecule has 166 valence electrons. The Kier molecular flexibility index (Phi) is 8.85. The van der Waals surface area contributed by atoms with Gasteiger partial charge in [-0.15, -0.1) is 11.8 Å². The molecule has 2 aromatic rings. The molecule has 6 heteroatoms. The van der Waals surface area contributed by atoms with E-state index >= 15 is 0 Å². The van der Waals surface area contributed by atoms with Crippen LogP contribution in [0, 0.1) is 6.92 Å². The molecule has 0 bridgehead atoms. The van der Waals surface area contributed by atoms with Crippen LogP contribution in [0.5, 0.6) is 0 Å². The smallest absolute Gasteiger partial charge is 0.242 e. The highest BCUT2D eigenvalue weighted by Crippen LogP contribution is 2.20. The van der Waals surface area contributed by atoms with Gasteiger partial charge >= 0.3 is 0 Å². The third-order valence-electron chi connectivity index (χ3n) is 5.69. The third-order valence-corrected chi connectivity index (χ3v) is 6.91. The molecule has 0 radical (unpaired) electrons. The van der Waals surface area contributed by atoms with Gasteiger partial charge in [-0.05, 0) is 49.9 Å². The largest absolute Gasteiger partial charge is 0.352 e. The number of halogens is 1. The number of nitrogens with zero attached hydrogens (tertiary/aromatic N) is 1. The second kappa shape index (κ2) is 11.6. The first kappa shape index (κ1) is 23.7. The van der Waals surface area contributed by atoms with Crippen LogP contribution in [0.4, 0.5) is 0 Å². The first-order valence-corrected chi connectivity index (χ1v) is 12.4. The van der Waals surface area contributed by atoms with Crippen molar-refractivity contribution in [2.24, 2.45) is 0 Å². The lowest BCUT2D eigenvalue weighted by Gasteiger charge is -2.30. The van der Waals surface area contributed by atoms with E-state index in [-0.39, 0.29) is 17.9 Å². The number of hydrogen-bond donors (Lipinski definition) is 1. The number of carbonyl (C=O) groups is 2. The van der Waals surface area contributed by atoms with E-state index in [0.29, 0.717) is 23.1 Å². The first-order valence-electron chi connectivity index (χ1n) is 10.9. The van der Waals surface area contributed by atoms with Gasteiger partial charge in [0.1, 0.15) is 6.04 Å². The van der Waals surface area contributed by atoms with E-state index in [1.54, 1.807) is 16.7 Å². The Morgan fingerprint density at radius 2 is 1.84 bits per heavy atom. The normalized spacial score (nSPS) is 14.9. The number of amides is 2. The second-order valence-corrected chi connectivity index (χ2v) is 9.72. The number of aryl methyl sites for hydroxylation is 1. The van der Waals surface area contributed by atoms with Crippen molar-refractivity contribution in [3.63, 3.8) is 0 Å². The molecule has 4 nitrogen and oxygen atoms in total. The zero-order chi connectivity index (χ0) is 22.2. The summed E-state index contributed by atoms with van der Waals surface area (Å²) in [6.07, 6.45) is 4.37. The summed E-state index contributed by atoms with van der Waals surface area (Å²) in [7, 11) is 0. The fourth-order valence-electron chi connectivity index (χ4n) is 3.95. The number of nitrogens with one attached hydrogen (secondary N) is 1. The van der Waals surface area contributed by atoms with Gasteiger partial charge in [0.2, 0.25) is 11.8 Å². The highest BCUT2D eigenvalue weighted by Gasteiger charge is 2.28. The fraction of sp³-hybridized carbons (Fsp3) is 0.440. The molecule has 0 aromatic heterocycles. The van der Waals surface area contributed by atoms with Crippen LogP contribution in [-0.4, -0.2) is 34.6 Å². The number of hydrogen-bond acceptors (Lipinski definition) is 3. The molecule has 1 saturated carbocycles. The number of rotatable bonds is 9. The van der Waals surface area contributed by atoms with Crippen molar-refractivity contribution in [3.8, 4) is 0 Å². The van der Waals surface area contributed by atoms with Crippen molar-refractivity contribution in [2.75, 3.05) is 5.75 Å². The van der Waals surface area contributed by atoms with E-state index in [1.165, 1.54) is 0 Å². The summed E-state index contributed by atoms with van der Waals surface area (Å²) < 4.78 is 0. The molecule has 1 atom stereocenters. The summed E-state index contributed by atoms with van der Waals surface area (Å²) in [5.41, 5.74) is 3.26. The summed E-state index contributed by atoms with van der Waals surface area (Å²) >= 11 is 7.60. The summed E-state index contributed by atoms with van der Waals surface area (Å²) in [4.78, 5) is 27.8. The Bertz CT molecular complexity index is 899. The number of benzene rings is 2. The van der Waals surface area contributed by atoms with E-state index in [0.717, 1.165) is 42.4 Å². The maximum atomic E-state index is 13.2. The predicted molar refractivity (Wildman–Crippen MR) is 129 cm³/mol. The minimum Gasteiger partial charge on any atom is -0.352 e. The van der Waals surface area contributed by atoms with Crippen molar-refractivity contribution in [1.82, 2.24) is 10.2 Å². The van der Waals surface area contributed by atoms with Crippen LogP contribution in [0.15, 0.2) is 48.5 Å². The van der Waals surface area contributed by atoms with Gasteiger partial charge in [-0.1, -0.05) is 66.4 Å². The molecule has 2 aromatic carbocycles. The quantitative estimate of drug-likeness (QED) is 0.550. The molecule has 0 aliphatic heterocycles. The second-order valence-electron chi connectivity index (χ2n) is 8.30. The summed E-state index contributed by atoms with van der Waals surface area (Å²) in [5.74, 6) is 0.933. The van der Waals surface area contributed by atoms with Crippen LogP contribution < -0.4 is 5.32 Å². The lowest BCUT2D eigenvalue weighted by atomic mass is 10.1. The molecule has 1 fully saturated rings. The van der Waals surface area contributed by atoms with Crippen LogP contribution in [0.1, 0.15) is 49.3 Å². The summed E-state index contributed by atoms with van der Waals surface area (Å²) in [5, 5.41) is 3.84. The van der Waals surface area contributed by atoms with Gasteiger partial charge in [-0.2, -0.15) is 0 Å². The van der Waals surface area contributed by atoms with E-state index in [2.05, 4.69) is 11.4 Å². The minimum absolute atomic E-state index is 0.0254. The molecule has 2 amide bonds. The molecule has 1 aliphatic rings. The highest BCUT2D eigenvalue weighted by atomic mass is 35.5. The molecule has 1 aliphatic carbocycles. The van der Waals surface area contributed by atoms with Crippen LogP contribution in [0.25, 0.3) is 0 Å². The van der Waals surface area contributed by atoms with Gasteiger partial charge in [0.05, 0.1) is 5.75 Å². The average molecular weight is 459 g/mol. The van der Waals surface area contributed by atoms with E-state index in [4.69, 9.17) is 11.6 Å². The van der Waals surface area contributed by atoms with Gasteiger partial charge < -0.3 is 10.2 Å². The van der Waals surface area contributed by atoms with Crippen LogP contribution in [0.3, 0.4) is 0 Å². The zero-order valence-electron chi connectivity index (χ0n) is 18.3. The van der Waals surface area contributed by atoms with Crippen molar-refractivity contribution in [2.45, 2.75) is 63.9 Å². The third kappa shape index (κ3) is 7.29. The van der Waals surface area contributed by atoms with Crippen LogP contribution in [-0.2, 0) is 21.9 Å². The monoisotopic (exact) mass is 458 g/mol. The molecule has 0 heterocycles. The highest BCUT2D eigenvalue weighted by molar-refractivity contribution is 7.99. The SMILES string of the molecule is Cc1cccc(CN(C(=O)CSCc2cccc(Cl)c2)C(C)C(=O)NC2CCCC2)c1. The van der Waals surface area contributed by atoms with Gasteiger partial charge in [0, 0.05) is 23.4 Å². The number of thioether (sulfide) groups is 1. The molecular weight excluding hydrogens is 428 g/mol. The lowest BCUT2D eigenvalue weighted by molar-refractivity contribution is -0.138. The van der Waals surface area contributed by atoms with Crippen molar-refractivity contribution >= 4 is 35.2 Å². The van der Waals surface area contributed by atoms with Gasteiger partial charge in [-0.3, -0.25) is 9.59 Å². The van der Waals surface area contributed by atoms with E-state index in [1.807, 2.05) is 56.3 Å². The fourth-order valence-corrected chi connectivity index (χ4v) is 5.02. The Morgan fingerprint density at radius 1 is 1.13 bits per heavy atom. The maximum Gasteiger partial charge on any atom is 0.242 e. The van der Waals surface area contributed by atoms with Gasteiger partial charge in [0.25, 0.3) is 0 Å². The number of carbonyl (C=O) groups excluding carboxylic acids is 2. The van der Waals surface area contributed by atoms with Crippen molar-refractivity contribution < 1.29 is 9.59 Å². The van der Waals surface area contributed by atoms with Crippen molar-refractivity contribution in [1.29, 1.82) is 0 Å². The van der Waals surface area contributed by atoms with Crippen LogP contribution >= 0.6 is 23.4 Å². The average Bonchev–Trinajstić information content (AvgIpc) is 3.24. The van der Waals surface area contributed by atoms with Crippen molar-refractivity contribution in [3.05, 3.63) is 70.2 Å². The molecule has 1 unspecified atom stereocenters. The lowest BCUT2D eigenvalue weighted by Crippen LogP contribution is -2.50. The van der Waals surface area contributed by atoms with Crippen LogP contribution in [0.2, 0.25) is 5.02 Å². The zero-order valence-corrected chi connectivity index (χ0v) is 19.8. The topological polar surface area (TPSA) is 49.4 Å². The molecule has 0 spiro atoms. The standard InChI is InChI=1S/C25H31ClN2O2S/c1-18-7-5-8-20(13-18)15-28(19(2)25(30)27-23-11-3-4-12-23)24(29)17-31-16-21-9-6-10-22(26)14-21/h5-10,13-14,19,23H,3-4,11-12,15-17H2,1-2H3,(H,27,30). The summed E-state index contributed by atoms with van der Waals surface area (Å²) in [6, 6.07) is 15.5.